The number of sulfonamides is 1. The fraction of sp³-hybridized carbons (Fsp3) is 0.611. The molecule has 1 saturated carbocycles. The summed E-state index contributed by atoms with van der Waals surface area (Å²) in [6.45, 7) is 2.22. The number of anilines is 2. The van der Waals surface area contributed by atoms with Crippen molar-refractivity contribution in [3.05, 3.63) is 24.3 Å². The number of benzene rings is 1. The average Bonchev–Trinajstić information content (AvgIpc) is 3.19. The third-order valence-corrected chi connectivity index (χ3v) is 7.87. The normalized spacial score (nSPS) is 30.9. The minimum absolute atomic E-state index is 0.101. The molecule has 0 unspecified atom stereocenters. The Bertz CT molecular complexity index is 762. The van der Waals surface area contributed by atoms with E-state index in [0.717, 1.165) is 38.0 Å². The second-order valence-electron chi connectivity index (χ2n) is 7.47. The molecule has 0 aromatic heterocycles. The van der Waals surface area contributed by atoms with E-state index >= 15 is 0 Å². The van der Waals surface area contributed by atoms with Crippen LogP contribution >= 0.6 is 0 Å². The summed E-state index contributed by atoms with van der Waals surface area (Å²) in [7, 11) is -3.17. The highest BCUT2D eigenvalue weighted by molar-refractivity contribution is 7.93. The lowest BCUT2D eigenvalue weighted by molar-refractivity contribution is -0.128. The van der Waals surface area contributed by atoms with Gasteiger partial charge < -0.3 is 10.6 Å². The van der Waals surface area contributed by atoms with Crippen LogP contribution in [-0.4, -0.2) is 39.7 Å². The first-order valence-corrected chi connectivity index (χ1v) is 10.7. The summed E-state index contributed by atoms with van der Waals surface area (Å²) in [6, 6.07) is 7.17. The first-order valence-electron chi connectivity index (χ1n) is 9.14. The van der Waals surface area contributed by atoms with Crippen molar-refractivity contribution < 1.29 is 13.2 Å². The minimum Gasteiger partial charge on any atom is -0.326 e. The first-order chi connectivity index (χ1) is 12.0. The van der Waals surface area contributed by atoms with E-state index in [0.29, 0.717) is 24.6 Å². The van der Waals surface area contributed by atoms with Crippen LogP contribution in [0.15, 0.2) is 24.3 Å². The molecule has 2 atom stereocenters. The van der Waals surface area contributed by atoms with Crippen molar-refractivity contribution in [2.45, 2.75) is 32.1 Å². The summed E-state index contributed by atoms with van der Waals surface area (Å²) in [5.74, 6) is 0.738. The van der Waals surface area contributed by atoms with Crippen LogP contribution in [0.25, 0.3) is 0 Å². The Kier molecular flexibility index (Phi) is 4.24. The average molecular weight is 363 g/mol. The van der Waals surface area contributed by atoms with Gasteiger partial charge in [-0.05, 0) is 56.0 Å². The molecular formula is C18H25N3O3S. The highest BCUT2D eigenvalue weighted by Crippen LogP contribution is 2.44. The lowest BCUT2D eigenvalue weighted by Crippen LogP contribution is -2.44. The van der Waals surface area contributed by atoms with Crippen molar-refractivity contribution in [3.8, 4) is 0 Å². The van der Waals surface area contributed by atoms with Gasteiger partial charge in [-0.25, -0.2) is 8.42 Å². The van der Waals surface area contributed by atoms with Crippen LogP contribution in [0.3, 0.4) is 0 Å². The molecule has 2 saturated heterocycles. The molecule has 0 bridgehead atoms. The van der Waals surface area contributed by atoms with Gasteiger partial charge in [0.25, 0.3) is 0 Å². The molecule has 0 spiro atoms. The number of nitrogens with one attached hydrogen (secondary N) is 2. The van der Waals surface area contributed by atoms with Gasteiger partial charge in [-0.1, -0.05) is 12.8 Å². The molecule has 25 heavy (non-hydrogen) atoms. The molecule has 3 fully saturated rings. The number of nitrogens with zero attached hydrogens (tertiary/aromatic N) is 1. The van der Waals surface area contributed by atoms with E-state index in [2.05, 4.69) is 10.6 Å². The Morgan fingerprint density at radius 2 is 2.00 bits per heavy atom. The van der Waals surface area contributed by atoms with Crippen LogP contribution < -0.4 is 14.9 Å². The van der Waals surface area contributed by atoms with Crippen molar-refractivity contribution in [2.24, 2.45) is 11.3 Å². The number of hydrogen-bond acceptors (Lipinski definition) is 4. The summed E-state index contributed by atoms with van der Waals surface area (Å²) in [5.41, 5.74) is 1.12. The highest BCUT2D eigenvalue weighted by Gasteiger charge is 2.49. The molecule has 3 aliphatic rings. The lowest BCUT2D eigenvalue weighted by Gasteiger charge is -2.37. The summed E-state index contributed by atoms with van der Waals surface area (Å²) >= 11 is 0. The lowest BCUT2D eigenvalue weighted by atomic mass is 9.67. The molecular weight excluding hydrogens is 338 g/mol. The number of carbonyl (C=O) groups excluding carboxylic acids is 1. The van der Waals surface area contributed by atoms with Gasteiger partial charge in [0.15, 0.2) is 0 Å². The third kappa shape index (κ3) is 2.93. The van der Waals surface area contributed by atoms with Crippen molar-refractivity contribution in [2.75, 3.05) is 35.0 Å². The molecule has 2 aliphatic heterocycles. The van der Waals surface area contributed by atoms with Gasteiger partial charge in [0.1, 0.15) is 0 Å². The van der Waals surface area contributed by atoms with E-state index in [9.17, 15) is 13.2 Å². The molecule has 6 nitrogen and oxygen atoms in total. The van der Waals surface area contributed by atoms with Gasteiger partial charge in [-0.3, -0.25) is 9.10 Å². The fourth-order valence-electron chi connectivity index (χ4n) is 4.59. The van der Waals surface area contributed by atoms with E-state index in [-0.39, 0.29) is 17.1 Å². The molecule has 1 aliphatic carbocycles. The van der Waals surface area contributed by atoms with E-state index in [1.807, 2.05) is 0 Å². The number of amides is 1. The number of carbonyl (C=O) groups is 1. The molecule has 2 N–H and O–H groups in total. The summed E-state index contributed by atoms with van der Waals surface area (Å²) in [6.07, 6.45) is 5.04. The van der Waals surface area contributed by atoms with Gasteiger partial charge in [-0.2, -0.15) is 0 Å². The smallest absolute Gasteiger partial charge is 0.235 e. The first kappa shape index (κ1) is 16.8. The summed E-state index contributed by atoms with van der Waals surface area (Å²) < 4.78 is 25.5. The SMILES string of the molecule is O=C(Nc1ccc(N2CCCS2(=O)=O)cc1)[C@@]12CCCC[C@H]1CNC2. The van der Waals surface area contributed by atoms with Gasteiger partial charge in [-0.15, -0.1) is 0 Å². The van der Waals surface area contributed by atoms with E-state index in [1.165, 1.54) is 10.7 Å². The Morgan fingerprint density at radius 1 is 1.20 bits per heavy atom. The minimum atomic E-state index is -3.17. The Labute approximate surface area is 149 Å². The van der Waals surface area contributed by atoms with E-state index in [4.69, 9.17) is 0 Å². The van der Waals surface area contributed by atoms with Gasteiger partial charge in [0.2, 0.25) is 15.9 Å². The molecule has 0 radical (unpaired) electrons. The molecule has 2 heterocycles. The van der Waals surface area contributed by atoms with Crippen molar-refractivity contribution >= 4 is 27.3 Å². The monoisotopic (exact) mass is 363 g/mol. The van der Waals surface area contributed by atoms with Crippen LogP contribution in [0.4, 0.5) is 11.4 Å². The van der Waals surface area contributed by atoms with E-state index in [1.54, 1.807) is 24.3 Å². The maximum Gasteiger partial charge on any atom is 0.235 e. The zero-order chi connectivity index (χ0) is 17.5. The molecule has 136 valence electrons. The Morgan fingerprint density at radius 3 is 2.72 bits per heavy atom. The van der Waals surface area contributed by atoms with Crippen molar-refractivity contribution in [3.63, 3.8) is 0 Å². The highest BCUT2D eigenvalue weighted by atomic mass is 32.2. The van der Waals surface area contributed by atoms with Crippen LogP contribution in [0.2, 0.25) is 0 Å². The standard InChI is InChI=1S/C18H25N3O3S/c22-17(18-9-2-1-4-14(18)12-19-13-18)20-15-5-7-16(8-6-15)21-10-3-11-25(21,23)24/h5-8,14,19H,1-4,9-13H2,(H,20,22)/t14-,18+/m0/s1. The summed E-state index contributed by atoms with van der Waals surface area (Å²) in [4.78, 5) is 13.0. The number of rotatable bonds is 3. The third-order valence-electron chi connectivity index (χ3n) is 6.00. The van der Waals surface area contributed by atoms with Crippen LogP contribution in [-0.2, 0) is 14.8 Å². The van der Waals surface area contributed by atoms with Crippen molar-refractivity contribution in [1.29, 1.82) is 0 Å². The molecule has 4 rings (SSSR count). The Balaban J connectivity index is 1.49. The topological polar surface area (TPSA) is 78.5 Å². The van der Waals surface area contributed by atoms with Crippen LogP contribution in [0.5, 0.6) is 0 Å². The van der Waals surface area contributed by atoms with Crippen LogP contribution in [0, 0.1) is 11.3 Å². The zero-order valence-corrected chi connectivity index (χ0v) is 15.1. The van der Waals surface area contributed by atoms with E-state index < -0.39 is 10.0 Å². The number of fused-ring (bicyclic) bond motifs is 1. The predicted octanol–water partition coefficient (Wildman–Crippen LogP) is 1.94. The summed E-state index contributed by atoms with van der Waals surface area (Å²) in [5, 5.41) is 6.46. The second kappa shape index (κ2) is 6.29. The molecule has 1 aromatic rings. The van der Waals surface area contributed by atoms with Crippen LogP contribution in [0.1, 0.15) is 32.1 Å². The van der Waals surface area contributed by atoms with Crippen molar-refractivity contribution in [1.82, 2.24) is 5.32 Å². The second-order valence-corrected chi connectivity index (χ2v) is 9.49. The van der Waals surface area contributed by atoms with Gasteiger partial charge in [0.05, 0.1) is 16.9 Å². The zero-order valence-electron chi connectivity index (χ0n) is 14.3. The molecule has 7 heteroatoms. The van der Waals surface area contributed by atoms with Gasteiger partial charge in [0, 0.05) is 18.8 Å². The fourth-order valence-corrected chi connectivity index (χ4v) is 6.15. The van der Waals surface area contributed by atoms with Gasteiger partial charge >= 0.3 is 0 Å². The quantitative estimate of drug-likeness (QED) is 0.860. The number of hydrogen-bond donors (Lipinski definition) is 2. The largest absolute Gasteiger partial charge is 0.326 e. The Hall–Kier alpha value is -1.60. The maximum absolute atomic E-state index is 13.0. The maximum atomic E-state index is 13.0. The predicted molar refractivity (Wildman–Crippen MR) is 98.1 cm³/mol. The molecule has 1 amide bonds. The molecule has 1 aromatic carbocycles.